The Morgan fingerprint density at radius 2 is 2.15 bits per heavy atom. The number of thioether (sulfide) groups is 1. The molecule has 1 heterocycles. The first-order valence-corrected chi connectivity index (χ1v) is 6.92. The van der Waals surface area contributed by atoms with Crippen LogP contribution >= 0.6 is 11.8 Å². The number of nitrogens with one attached hydrogen (secondary N) is 1. The smallest absolute Gasteiger partial charge is 0.230 e. The number of aromatic nitrogens is 4. The van der Waals surface area contributed by atoms with Gasteiger partial charge in [0.25, 0.3) is 0 Å². The van der Waals surface area contributed by atoms with Crippen LogP contribution in [0.5, 0.6) is 5.75 Å². The minimum Gasteiger partial charge on any atom is -0.497 e. The van der Waals surface area contributed by atoms with Crippen LogP contribution in [0.1, 0.15) is 5.56 Å². The summed E-state index contributed by atoms with van der Waals surface area (Å²) >= 11 is 1.30. The fourth-order valence-electron chi connectivity index (χ4n) is 1.47. The number of hydrogen-bond acceptors (Lipinski definition) is 6. The first kappa shape index (κ1) is 14.3. The Kier molecular flexibility index (Phi) is 4.94. The molecule has 0 aliphatic carbocycles. The van der Waals surface area contributed by atoms with E-state index in [4.69, 9.17) is 4.74 Å². The topological polar surface area (TPSA) is 81.9 Å². The molecular formula is C12H15N5O2S. The standard InChI is InChI=1S/C12H15N5O2S/c1-17-12(14-15-16-17)20-8-11(18)13-7-9-3-5-10(19-2)6-4-9/h3-6H,7-8H2,1-2H3,(H,13,18). The number of benzene rings is 1. The van der Waals surface area contributed by atoms with Gasteiger partial charge in [0.1, 0.15) is 5.75 Å². The molecule has 0 fully saturated rings. The van der Waals surface area contributed by atoms with E-state index in [9.17, 15) is 4.79 Å². The van der Waals surface area contributed by atoms with Crippen LogP contribution in [0.25, 0.3) is 0 Å². The van der Waals surface area contributed by atoms with Crippen molar-refractivity contribution in [3.05, 3.63) is 29.8 Å². The van der Waals surface area contributed by atoms with E-state index < -0.39 is 0 Å². The predicted molar refractivity (Wildman–Crippen MR) is 74.4 cm³/mol. The van der Waals surface area contributed by atoms with E-state index in [2.05, 4.69) is 20.8 Å². The number of ether oxygens (including phenoxy) is 1. The van der Waals surface area contributed by atoms with Crippen molar-refractivity contribution >= 4 is 17.7 Å². The molecule has 7 nitrogen and oxygen atoms in total. The van der Waals surface area contributed by atoms with Crippen LogP contribution in [-0.4, -0.2) is 39.0 Å². The summed E-state index contributed by atoms with van der Waals surface area (Å²) in [5.41, 5.74) is 1.02. The first-order valence-electron chi connectivity index (χ1n) is 5.94. The molecule has 106 valence electrons. The fourth-order valence-corrected chi connectivity index (χ4v) is 2.15. The van der Waals surface area contributed by atoms with E-state index in [1.165, 1.54) is 16.4 Å². The molecule has 0 saturated carbocycles. The van der Waals surface area contributed by atoms with Gasteiger partial charge in [0.2, 0.25) is 11.1 Å². The van der Waals surface area contributed by atoms with Crippen LogP contribution in [0.3, 0.4) is 0 Å². The van der Waals surface area contributed by atoms with Crippen molar-refractivity contribution in [3.8, 4) is 5.75 Å². The summed E-state index contributed by atoms with van der Waals surface area (Å²) in [6, 6.07) is 7.56. The number of tetrazole rings is 1. The van der Waals surface area contributed by atoms with Crippen molar-refractivity contribution in [2.24, 2.45) is 7.05 Å². The van der Waals surface area contributed by atoms with Crippen LogP contribution in [0, 0.1) is 0 Å². The third kappa shape index (κ3) is 3.95. The van der Waals surface area contributed by atoms with Gasteiger partial charge in [-0.1, -0.05) is 23.9 Å². The maximum atomic E-state index is 11.7. The van der Waals surface area contributed by atoms with E-state index in [1.807, 2.05) is 24.3 Å². The first-order chi connectivity index (χ1) is 9.69. The summed E-state index contributed by atoms with van der Waals surface area (Å²) in [6.07, 6.45) is 0. The van der Waals surface area contributed by atoms with Crippen LogP contribution in [0.2, 0.25) is 0 Å². The lowest BCUT2D eigenvalue weighted by Gasteiger charge is -2.06. The van der Waals surface area contributed by atoms with Crippen molar-refractivity contribution < 1.29 is 9.53 Å². The monoisotopic (exact) mass is 293 g/mol. The SMILES string of the molecule is COc1ccc(CNC(=O)CSc2nnnn2C)cc1. The predicted octanol–water partition coefficient (Wildman–Crippen LogP) is 0.627. The number of amides is 1. The van der Waals surface area contributed by atoms with Gasteiger partial charge >= 0.3 is 0 Å². The largest absolute Gasteiger partial charge is 0.497 e. The van der Waals surface area contributed by atoms with Gasteiger partial charge in [0.15, 0.2) is 0 Å². The minimum atomic E-state index is -0.0613. The molecule has 20 heavy (non-hydrogen) atoms. The van der Waals surface area contributed by atoms with E-state index in [0.717, 1.165) is 11.3 Å². The molecule has 0 bridgehead atoms. The van der Waals surface area contributed by atoms with E-state index in [-0.39, 0.29) is 11.7 Å². The highest BCUT2D eigenvalue weighted by Gasteiger charge is 2.07. The summed E-state index contributed by atoms with van der Waals surface area (Å²) in [4.78, 5) is 11.7. The van der Waals surface area contributed by atoms with Gasteiger partial charge in [-0.2, -0.15) is 0 Å². The Hall–Kier alpha value is -2.09. The Morgan fingerprint density at radius 1 is 1.40 bits per heavy atom. The molecule has 0 aliphatic rings. The van der Waals surface area contributed by atoms with E-state index >= 15 is 0 Å². The molecule has 0 spiro atoms. The number of carbonyl (C=O) groups is 1. The Morgan fingerprint density at radius 3 is 2.75 bits per heavy atom. The summed E-state index contributed by atoms with van der Waals surface area (Å²) < 4.78 is 6.60. The quantitative estimate of drug-likeness (QED) is 0.787. The second-order valence-corrected chi connectivity index (χ2v) is 4.94. The van der Waals surface area contributed by atoms with E-state index in [1.54, 1.807) is 14.2 Å². The average Bonchev–Trinajstić information content (AvgIpc) is 2.89. The molecule has 0 atom stereocenters. The zero-order valence-corrected chi connectivity index (χ0v) is 12.1. The number of aryl methyl sites for hydroxylation is 1. The van der Waals surface area contributed by atoms with Crippen LogP contribution in [0.4, 0.5) is 0 Å². The molecular weight excluding hydrogens is 278 g/mol. The van der Waals surface area contributed by atoms with Crippen molar-refractivity contribution in [2.75, 3.05) is 12.9 Å². The third-order valence-corrected chi connectivity index (χ3v) is 3.57. The molecule has 0 radical (unpaired) electrons. The summed E-state index contributed by atoms with van der Waals surface area (Å²) in [5.74, 6) is 1.02. The molecule has 0 unspecified atom stereocenters. The van der Waals surface area contributed by atoms with Crippen LogP contribution < -0.4 is 10.1 Å². The fraction of sp³-hybridized carbons (Fsp3) is 0.333. The molecule has 1 amide bonds. The van der Waals surface area contributed by atoms with Gasteiger partial charge in [0.05, 0.1) is 12.9 Å². The van der Waals surface area contributed by atoms with Crippen molar-refractivity contribution in [3.63, 3.8) is 0 Å². The van der Waals surface area contributed by atoms with Gasteiger partial charge in [-0.25, -0.2) is 4.68 Å². The van der Waals surface area contributed by atoms with Crippen molar-refractivity contribution in [2.45, 2.75) is 11.7 Å². The van der Waals surface area contributed by atoms with Gasteiger partial charge < -0.3 is 10.1 Å². The van der Waals surface area contributed by atoms with Gasteiger partial charge in [0, 0.05) is 13.6 Å². The zero-order valence-electron chi connectivity index (χ0n) is 11.2. The lowest BCUT2D eigenvalue weighted by Crippen LogP contribution is -2.24. The molecule has 1 aromatic carbocycles. The number of rotatable bonds is 6. The number of methoxy groups -OCH3 is 1. The number of carbonyl (C=O) groups excluding carboxylic acids is 1. The zero-order chi connectivity index (χ0) is 14.4. The summed E-state index contributed by atoms with van der Waals surface area (Å²) in [7, 11) is 3.35. The van der Waals surface area contributed by atoms with Crippen LogP contribution in [-0.2, 0) is 18.4 Å². The molecule has 0 aliphatic heterocycles. The second-order valence-electron chi connectivity index (χ2n) is 4.00. The van der Waals surface area contributed by atoms with E-state index in [0.29, 0.717) is 11.7 Å². The van der Waals surface area contributed by atoms with Crippen molar-refractivity contribution in [1.82, 2.24) is 25.5 Å². The highest BCUT2D eigenvalue weighted by atomic mass is 32.2. The molecule has 2 aromatic rings. The average molecular weight is 293 g/mol. The Balaban J connectivity index is 1.75. The Labute approximate surface area is 120 Å². The van der Waals surface area contributed by atoms with Crippen LogP contribution in [0.15, 0.2) is 29.4 Å². The maximum Gasteiger partial charge on any atom is 0.230 e. The summed E-state index contributed by atoms with van der Waals surface area (Å²) in [5, 5.41) is 14.5. The van der Waals surface area contributed by atoms with Crippen molar-refractivity contribution in [1.29, 1.82) is 0 Å². The lowest BCUT2D eigenvalue weighted by molar-refractivity contribution is -0.118. The lowest BCUT2D eigenvalue weighted by atomic mass is 10.2. The molecule has 1 aromatic heterocycles. The third-order valence-electron chi connectivity index (χ3n) is 2.56. The van der Waals surface area contributed by atoms with Gasteiger partial charge in [-0.05, 0) is 28.1 Å². The highest BCUT2D eigenvalue weighted by molar-refractivity contribution is 7.99. The molecule has 0 saturated heterocycles. The summed E-state index contributed by atoms with van der Waals surface area (Å²) in [6.45, 7) is 0.487. The highest BCUT2D eigenvalue weighted by Crippen LogP contribution is 2.12. The second kappa shape index (κ2) is 6.90. The minimum absolute atomic E-state index is 0.0613. The number of nitrogens with zero attached hydrogens (tertiary/aromatic N) is 4. The molecule has 2 rings (SSSR count). The Bertz CT molecular complexity index is 569. The normalized spacial score (nSPS) is 10.3. The van der Waals surface area contributed by atoms with Gasteiger partial charge in [-0.3, -0.25) is 4.79 Å². The maximum absolute atomic E-state index is 11.7. The molecule has 1 N–H and O–H groups in total. The molecule has 8 heteroatoms. The van der Waals surface area contributed by atoms with Gasteiger partial charge in [-0.15, -0.1) is 5.10 Å². The number of hydrogen-bond donors (Lipinski definition) is 1.